The highest BCUT2D eigenvalue weighted by atomic mass is 16.3. The number of fused-ring (bicyclic) bond motifs is 1. The average Bonchev–Trinajstić information content (AvgIpc) is 3.12. The molecule has 0 saturated carbocycles. The summed E-state index contributed by atoms with van der Waals surface area (Å²) in [5.74, 6) is 2.76. The Labute approximate surface area is 125 Å². The summed E-state index contributed by atoms with van der Waals surface area (Å²) in [6.45, 7) is 14.0. The van der Waals surface area contributed by atoms with E-state index >= 15 is 0 Å². The van der Waals surface area contributed by atoms with Gasteiger partial charge in [0.25, 0.3) is 0 Å². The zero-order valence-corrected chi connectivity index (χ0v) is 12.7. The van der Waals surface area contributed by atoms with Crippen molar-refractivity contribution in [3.63, 3.8) is 0 Å². The van der Waals surface area contributed by atoms with Crippen LogP contribution in [0.2, 0.25) is 0 Å². The van der Waals surface area contributed by atoms with Gasteiger partial charge in [-0.3, -0.25) is 0 Å². The Morgan fingerprint density at radius 3 is 2.43 bits per heavy atom. The van der Waals surface area contributed by atoms with Crippen LogP contribution < -0.4 is 4.90 Å². The fourth-order valence-electron chi connectivity index (χ4n) is 2.76. The molecule has 4 nitrogen and oxygen atoms in total. The first-order valence-electron chi connectivity index (χ1n) is 7.50. The molecule has 0 amide bonds. The smallest absolute Gasteiger partial charge is 0.196 e. The summed E-state index contributed by atoms with van der Waals surface area (Å²) >= 11 is 0. The Kier molecular flexibility index (Phi) is 3.53. The van der Waals surface area contributed by atoms with E-state index in [-0.39, 0.29) is 5.92 Å². The predicted molar refractivity (Wildman–Crippen MR) is 87.5 cm³/mol. The van der Waals surface area contributed by atoms with Gasteiger partial charge < -0.3 is 9.32 Å². The summed E-state index contributed by atoms with van der Waals surface area (Å²) in [6.07, 6.45) is 5.90. The quantitative estimate of drug-likeness (QED) is 0.842. The van der Waals surface area contributed by atoms with E-state index in [1.165, 1.54) is 12.8 Å². The standard InChI is InChI=1S/C17H21N3O/c1-5-12-13(6-2)21-15-14(12)18-16(11(3)4)19-17(15)20-9-7-8-10-20/h5-6,11H,1-2,7-10H2,3-4H3. The van der Waals surface area contributed by atoms with Gasteiger partial charge in [0, 0.05) is 24.6 Å². The van der Waals surface area contributed by atoms with Gasteiger partial charge in [-0.15, -0.1) is 0 Å². The number of furan rings is 1. The maximum Gasteiger partial charge on any atom is 0.196 e. The van der Waals surface area contributed by atoms with Gasteiger partial charge in [-0.1, -0.05) is 33.1 Å². The van der Waals surface area contributed by atoms with Crippen molar-refractivity contribution in [2.75, 3.05) is 18.0 Å². The second-order valence-electron chi connectivity index (χ2n) is 5.72. The van der Waals surface area contributed by atoms with Gasteiger partial charge in [0.2, 0.25) is 0 Å². The SMILES string of the molecule is C=Cc1oc2c(N3CCCC3)nc(C(C)C)nc2c1C=C. The molecular weight excluding hydrogens is 262 g/mol. The summed E-state index contributed by atoms with van der Waals surface area (Å²) in [5, 5.41) is 0. The Bertz CT molecular complexity index is 694. The molecule has 0 spiro atoms. The molecule has 2 aromatic heterocycles. The molecule has 0 unspecified atom stereocenters. The minimum atomic E-state index is 0.274. The molecule has 3 rings (SSSR count). The van der Waals surface area contributed by atoms with Crippen molar-refractivity contribution in [1.82, 2.24) is 9.97 Å². The number of hydrogen-bond acceptors (Lipinski definition) is 4. The summed E-state index contributed by atoms with van der Waals surface area (Å²) in [5.41, 5.74) is 2.51. The van der Waals surface area contributed by atoms with Crippen LogP contribution in [0.25, 0.3) is 23.3 Å². The van der Waals surface area contributed by atoms with Crippen molar-refractivity contribution >= 4 is 29.1 Å². The number of rotatable bonds is 4. The van der Waals surface area contributed by atoms with Crippen LogP contribution in [0.5, 0.6) is 0 Å². The molecule has 0 aliphatic carbocycles. The molecule has 0 aromatic carbocycles. The monoisotopic (exact) mass is 283 g/mol. The molecule has 21 heavy (non-hydrogen) atoms. The Morgan fingerprint density at radius 2 is 1.86 bits per heavy atom. The van der Waals surface area contributed by atoms with Crippen LogP contribution in [-0.4, -0.2) is 23.1 Å². The van der Waals surface area contributed by atoms with Crippen LogP contribution in [0.4, 0.5) is 5.82 Å². The zero-order valence-electron chi connectivity index (χ0n) is 12.7. The molecule has 1 fully saturated rings. The molecule has 110 valence electrons. The minimum Gasteiger partial charge on any atom is -0.450 e. The summed E-state index contributed by atoms with van der Waals surface area (Å²) in [6, 6.07) is 0. The van der Waals surface area contributed by atoms with Crippen molar-refractivity contribution < 1.29 is 4.42 Å². The topological polar surface area (TPSA) is 42.2 Å². The van der Waals surface area contributed by atoms with E-state index in [0.29, 0.717) is 0 Å². The van der Waals surface area contributed by atoms with Crippen LogP contribution in [-0.2, 0) is 0 Å². The van der Waals surface area contributed by atoms with E-state index < -0.39 is 0 Å². The van der Waals surface area contributed by atoms with Crippen molar-refractivity contribution in [2.24, 2.45) is 0 Å². The first-order valence-corrected chi connectivity index (χ1v) is 7.50. The van der Waals surface area contributed by atoms with E-state index in [2.05, 4.69) is 31.9 Å². The maximum absolute atomic E-state index is 5.96. The van der Waals surface area contributed by atoms with E-state index in [0.717, 1.165) is 47.2 Å². The first kappa shape index (κ1) is 13.9. The molecule has 1 aliphatic rings. The van der Waals surface area contributed by atoms with Crippen LogP contribution in [0.1, 0.15) is 49.8 Å². The van der Waals surface area contributed by atoms with Gasteiger partial charge in [0.15, 0.2) is 11.4 Å². The summed E-state index contributed by atoms with van der Waals surface area (Å²) in [4.78, 5) is 11.7. The normalized spacial score (nSPS) is 15.1. The number of nitrogens with zero attached hydrogens (tertiary/aromatic N) is 3. The number of anilines is 1. The average molecular weight is 283 g/mol. The fraction of sp³-hybridized carbons (Fsp3) is 0.412. The van der Waals surface area contributed by atoms with Crippen molar-refractivity contribution in [3.8, 4) is 0 Å². The molecule has 2 aromatic rings. The molecule has 0 atom stereocenters. The van der Waals surface area contributed by atoms with E-state index in [4.69, 9.17) is 14.4 Å². The lowest BCUT2D eigenvalue weighted by Crippen LogP contribution is -2.20. The highest BCUT2D eigenvalue weighted by Crippen LogP contribution is 2.34. The Morgan fingerprint density at radius 1 is 1.14 bits per heavy atom. The molecule has 0 bridgehead atoms. The molecule has 1 saturated heterocycles. The number of hydrogen-bond donors (Lipinski definition) is 0. The highest BCUT2D eigenvalue weighted by molar-refractivity contribution is 5.93. The van der Waals surface area contributed by atoms with Crippen LogP contribution in [0.3, 0.4) is 0 Å². The maximum atomic E-state index is 5.96. The summed E-state index contributed by atoms with van der Waals surface area (Å²) < 4.78 is 5.96. The third-order valence-electron chi connectivity index (χ3n) is 3.91. The third kappa shape index (κ3) is 2.24. The van der Waals surface area contributed by atoms with E-state index in [1.807, 2.05) is 0 Å². The van der Waals surface area contributed by atoms with Gasteiger partial charge in [-0.05, 0) is 18.9 Å². The minimum absolute atomic E-state index is 0.274. The largest absolute Gasteiger partial charge is 0.450 e. The second-order valence-corrected chi connectivity index (χ2v) is 5.72. The van der Waals surface area contributed by atoms with Crippen LogP contribution >= 0.6 is 0 Å². The molecule has 0 N–H and O–H groups in total. The van der Waals surface area contributed by atoms with Crippen molar-refractivity contribution in [3.05, 3.63) is 30.3 Å². The Hall–Kier alpha value is -2.10. The highest BCUT2D eigenvalue weighted by Gasteiger charge is 2.24. The third-order valence-corrected chi connectivity index (χ3v) is 3.91. The second kappa shape index (κ2) is 5.35. The Balaban J connectivity index is 2.30. The van der Waals surface area contributed by atoms with Crippen LogP contribution in [0.15, 0.2) is 17.6 Å². The number of aromatic nitrogens is 2. The molecule has 3 heterocycles. The lowest BCUT2D eigenvalue weighted by atomic mass is 10.1. The van der Waals surface area contributed by atoms with Gasteiger partial charge in [-0.2, -0.15) is 0 Å². The predicted octanol–water partition coefficient (Wildman–Crippen LogP) is 4.23. The lowest BCUT2D eigenvalue weighted by Gasteiger charge is -2.17. The van der Waals surface area contributed by atoms with Crippen molar-refractivity contribution in [1.29, 1.82) is 0 Å². The fourth-order valence-corrected chi connectivity index (χ4v) is 2.76. The summed E-state index contributed by atoms with van der Waals surface area (Å²) in [7, 11) is 0. The molecule has 0 radical (unpaired) electrons. The molecular formula is C17H21N3O. The van der Waals surface area contributed by atoms with Gasteiger partial charge in [0.05, 0.1) is 0 Å². The first-order chi connectivity index (χ1) is 10.2. The van der Waals surface area contributed by atoms with Crippen LogP contribution in [0, 0.1) is 0 Å². The van der Waals surface area contributed by atoms with E-state index in [9.17, 15) is 0 Å². The van der Waals surface area contributed by atoms with Gasteiger partial charge in [-0.25, -0.2) is 9.97 Å². The lowest BCUT2D eigenvalue weighted by molar-refractivity contribution is 0.598. The van der Waals surface area contributed by atoms with Crippen molar-refractivity contribution in [2.45, 2.75) is 32.6 Å². The van der Waals surface area contributed by atoms with Gasteiger partial charge in [0.1, 0.15) is 17.1 Å². The molecule has 4 heteroatoms. The zero-order chi connectivity index (χ0) is 15.0. The van der Waals surface area contributed by atoms with Gasteiger partial charge >= 0.3 is 0 Å². The van der Waals surface area contributed by atoms with E-state index in [1.54, 1.807) is 12.2 Å². The molecule has 1 aliphatic heterocycles.